The Morgan fingerprint density at radius 3 is 1.97 bits per heavy atom. The number of hydrogen-bond donors (Lipinski definition) is 5. The molecule has 0 bridgehead atoms. The van der Waals surface area contributed by atoms with Crippen molar-refractivity contribution in [3.8, 4) is 32.3 Å². The molecule has 300 valence electrons. The number of hydrogen-bond acceptors (Lipinski definition) is 9. The Bertz CT molecular complexity index is 2400. The van der Waals surface area contributed by atoms with E-state index < -0.39 is 24.6 Å². The van der Waals surface area contributed by atoms with Crippen molar-refractivity contribution in [3.05, 3.63) is 96.3 Å². The lowest BCUT2D eigenvalue weighted by Crippen LogP contribution is -2.51. The zero-order valence-corrected chi connectivity index (χ0v) is 34.2. The minimum atomic E-state index is -0.756. The third kappa shape index (κ3) is 7.93. The van der Waals surface area contributed by atoms with Gasteiger partial charge in [0.05, 0.1) is 40.7 Å². The van der Waals surface area contributed by atoms with Crippen molar-refractivity contribution in [1.82, 2.24) is 40.4 Å². The number of benzene rings is 2. The molecule has 5 N–H and O–H groups in total. The van der Waals surface area contributed by atoms with E-state index in [1.54, 1.807) is 33.8 Å². The molecule has 2 aliphatic heterocycles. The first-order valence-electron chi connectivity index (χ1n) is 19.7. The van der Waals surface area contributed by atoms with Gasteiger partial charge in [0.25, 0.3) is 0 Å². The van der Waals surface area contributed by atoms with Crippen molar-refractivity contribution in [2.24, 2.45) is 5.92 Å². The number of aromatic amines is 2. The maximum Gasteiger partial charge on any atom is 0.250 e. The average Bonchev–Trinajstić information content (AvgIpc) is 4.08. The number of fused-ring (bicyclic) bond motifs is 1. The van der Waals surface area contributed by atoms with Crippen LogP contribution in [0.2, 0.25) is 0 Å². The van der Waals surface area contributed by atoms with E-state index in [2.05, 4.69) is 62.0 Å². The van der Waals surface area contributed by atoms with Gasteiger partial charge in [-0.2, -0.15) is 0 Å². The highest BCUT2D eigenvalue weighted by atomic mass is 32.1. The van der Waals surface area contributed by atoms with Gasteiger partial charge in [0.2, 0.25) is 23.6 Å². The van der Waals surface area contributed by atoms with Crippen molar-refractivity contribution < 1.29 is 24.3 Å². The lowest BCUT2D eigenvalue weighted by molar-refractivity contribution is -0.139. The van der Waals surface area contributed by atoms with Crippen LogP contribution in [0.4, 0.5) is 0 Å². The number of rotatable bonds is 12. The maximum absolute atomic E-state index is 13.9. The molecule has 2 aliphatic rings. The van der Waals surface area contributed by atoms with E-state index in [4.69, 9.17) is 4.98 Å². The zero-order chi connectivity index (χ0) is 40.5. The lowest BCUT2D eigenvalue weighted by atomic mass is 10.0. The van der Waals surface area contributed by atoms with E-state index in [9.17, 15) is 24.3 Å². The first kappa shape index (κ1) is 39.2. The SMILES string of the molecule is CC(=O)N[C@@H](C(=O)N1CCCC1c1ncc(-c2cc3sc(-c4ccc(-c5cnc([C@@H]6CCCN6C(=O)[C@@H](NC(=O)CO)C(C)C)[nH]5)cc4)cc3s2)[nH]1)c1ccccc1. The molecule has 2 fully saturated rings. The Morgan fingerprint density at radius 2 is 1.34 bits per heavy atom. The van der Waals surface area contributed by atoms with Crippen LogP contribution in [0.3, 0.4) is 0 Å². The van der Waals surface area contributed by atoms with Crippen molar-refractivity contribution in [1.29, 1.82) is 0 Å². The number of likely N-dealkylation sites (tertiary alicyclic amines) is 2. The van der Waals surface area contributed by atoms with Crippen LogP contribution in [-0.2, 0) is 19.2 Å². The number of carbonyl (C=O) groups is 4. The van der Waals surface area contributed by atoms with Gasteiger partial charge in [0, 0.05) is 34.3 Å². The van der Waals surface area contributed by atoms with Gasteiger partial charge < -0.3 is 35.5 Å². The number of nitrogens with one attached hydrogen (secondary N) is 4. The topological polar surface area (TPSA) is 176 Å². The summed E-state index contributed by atoms with van der Waals surface area (Å²) in [6, 6.07) is 20.2. The van der Waals surface area contributed by atoms with E-state index in [0.717, 1.165) is 69.3 Å². The summed E-state index contributed by atoms with van der Waals surface area (Å²) >= 11 is 3.43. The standard InChI is InChI=1S/C43H46N8O5S2/c1-24(2)38(49-37(54)23-52)42(55)50-17-7-11-31(50)40-44-21-29(47-40)26-13-15-27(16-14-26)33-19-35-36(57-33)20-34(58-35)30-22-45-41(48-30)32-12-8-18-51(32)43(56)39(46-25(3)53)28-9-5-4-6-10-28/h4-6,9-10,13-16,19-22,24,31-32,38-39,52H,7-8,11-12,17-18,23H2,1-3H3,(H,44,47)(H,45,48)(H,46,53)(H,49,54)/t31-,32?,38-,39+/m0/s1. The minimum Gasteiger partial charge on any atom is -0.387 e. The largest absolute Gasteiger partial charge is 0.387 e. The number of aliphatic hydroxyl groups is 1. The summed E-state index contributed by atoms with van der Waals surface area (Å²) in [7, 11) is 0. The quantitative estimate of drug-likeness (QED) is 0.0908. The second-order valence-electron chi connectivity index (χ2n) is 15.3. The number of aromatic nitrogens is 4. The Labute approximate surface area is 343 Å². The smallest absolute Gasteiger partial charge is 0.250 e. The van der Waals surface area contributed by atoms with Crippen molar-refractivity contribution in [3.63, 3.8) is 0 Å². The van der Waals surface area contributed by atoms with E-state index in [-0.39, 0.29) is 35.7 Å². The fourth-order valence-corrected chi connectivity index (χ4v) is 10.4. The van der Waals surface area contributed by atoms with Crippen LogP contribution in [0.1, 0.15) is 81.8 Å². The van der Waals surface area contributed by atoms with Gasteiger partial charge in [-0.25, -0.2) is 9.97 Å². The molecule has 0 saturated carbocycles. The molecule has 0 spiro atoms. The van der Waals surface area contributed by atoms with Gasteiger partial charge in [-0.15, -0.1) is 22.7 Å². The number of amides is 4. The molecular weight excluding hydrogens is 773 g/mol. The van der Waals surface area contributed by atoms with E-state index in [1.807, 2.05) is 55.3 Å². The molecule has 6 aromatic rings. The van der Waals surface area contributed by atoms with Crippen LogP contribution < -0.4 is 10.6 Å². The molecular formula is C43H46N8O5S2. The molecule has 6 heterocycles. The molecule has 13 nitrogen and oxygen atoms in total. The molecule has 15 heteroatoms. The monoisotopic (exact) mass is 818 g/mol. The van der Waals surface area contributed by atoms with Crippen LogP contribution >= 0.6 is 22.7 Å². The Hall–Kier alpha value is -5.64. The van der Waals surface area contributed by atoms with Gasteiger partial charge >= 0.3 is 0 Å². The fourth-order valence-electron chi connectivity index (χ4n) is 8.05. The Morgan fingerprint density at radius 1 is 0.776 bits per heavy atom. The maximum atomic E-state index is 13.9. The van der Waals surface area contributed by atoms with Crippen LogP contribution in [0.25, 0.3) is 41.7 Å². The highest BCUT2D eigenvalue weighted by molar-refractivity contribution is 7.31. The van der Waals surface area contributed by atoms with Crippen molar-refractivity contribution >= 4 is 55.7 Å². The fraction of sp³-hybridized carbons (Fsp3) is 0.349. The summed E-state index contributed by atoms with van der Waals surface area (Å²) in [4.78, 5) is 73.6. The molecule has 1 unspecified atom stereocenters. The average molecular weight is 819 g/mol. The molecule has 4 atom stereocenters. The molecule has 0 aliphatic carbocycles. The Balaban J connectivity index is 0.937. The predicted molar refractivity (Wildman–Crippen MR) is 225 cm³/mol. The highest BCUT2D eigenvalue weighted by Crippen LogP contribution is 2.43. The summed E-state index contributed by atoms with van der Waals surface area (Å²) in [6.07, 6.45) is 6.90. The van der Waals surface area contributed by atoms with Gasteiger partial charge in [-0.1, -0.05) is 68.4 Å². The molecule has 2 aromatic carbocycles. The van der Waals surface area contributed by atoms with Gasteiger partial charge in [-0.3, -0.25) is 19.2 Å². The normalized spacial score (nSPS) is 17.9. The van der Waals surface area contributed by atoms with Crippen molar-refractivity contribution in [2.75, 3.05) is 19.7 Å². The molecule has 0 radical (unpaired) electrons. The summed E-state index contributed by atoms with van der Waals surface area (Å²) in [5, 5.41) is 14.8. The zero-order valence-electron chi connectivity index (χ0n) is 32.5. The summed E-state index contributed by atoms with van der Waals surface area (Å²) in [5.74, 6) is 0.205. The van der Waals surface area contributed by atoms with E-state index >= 15 is 0 Å². The summed E-state index contributed by atoms with van der Waals surface area (Å²) in [5.41, 5.74) is 4.62. The van der Waals surface area contributed by atoms with Crippen molar-refractivity contribution in [2.45, 2.75) is 70.6 Å². The van der Waals surface area contributed by atoms with Gasteiger partial charge in [0.15, 0.2) is 0 Å². The first-order chi connectivity index (χ1) is 28.1. The van der Waals surface area contributed by atoms with Crippen LogP contribution in [0.5, 0.6) is 0 Å². The van der Waals surface area contributed by atoms with Gasteiger partial charge in [0.1, 0.15) is 30.3 Å². The summed E-state index contributed by atoms with van der Waals surface area (Å²) < 4.78 is 2.36. The third-order valence-electron chi connectivity index (χ3n) is 11.0. The summed E-state index contributed by atoms with van der Waals surface area (Å²) in [6.45, 7) is 5.70. The number of thiophene rings is 2. The molecule has 2 saturated heterocycles. The molecule has 4 amide bonds. The second kappa shape index (κ2) is 16.7. The number of nitrogens with zero attached hydrogens (tertiary/aromatic N) is 4. The molecule has 8 rings (SSSR count). The van der Waals surface area contributed by atoms with Crippen LogP contribution in [0.15, 0.2) is 79.1 Å². The van der Waals surface area contributed by atoms with E-state index in [1.165, 1.54) is 16.3 Å². The minimum absolute atomic E-state index is 0.132. The van der Waals surface area contributed by atoms with Gasteiger partial charge in [-0.05, 0) is 60.4 Å². The molecule has 4 aromatic heterocycles. The Kier molecular flexibility index (Phi) is 11.3. The number of imidazole rings is 2. The van der Waals surface area contributed by atoms with E-state index in [0.29, 0.717) is 18.9 Å². The number of H-pyrrole nitrogens is 2. The van der Waals surface area contributed by atoms with Crippen LogP contribution in [-0.4, -0.2) is 84.2 Å². The van der Waals surface area contributed by atoms with Crippen LogP contribution in [0, 0.1) is 5.92 Å². The highest BCUT2D eigenvalue weighted by Gasteiger charge is 2.38. The second-order valence-corrected chi connectivity index (χ2v) is 17.4. The number of carbonyl (C=O) groups excluding carboxylic acids is 4. The first-order valence-corrected chi connectivity index (χ1v) is 21.3. The third-order valence-corrected chi connectivity index (χ3v) is 13.3. The number of aliphatic hydroxyl groups excluding tert-OH is 1. The molecule has 58 heavy (non-hydrogen) atoms. The predicted octanol–water partition coefficient (Wildman–Crippen LogP) is 6.75. The lowest BCUT2D eigenvalue weighted by Gasteiger charge is -2.30.